The topological polar surface area (TPSA) is 58.6 Å². The molecule has 0 aliphatic rings. The number of hydrogen-bond acceptors (Lipinski definition) is 3. The van der Waals surface area contributed by atoms with Gasteiger partial charge in [-0.15, -0.1) is 0 Å². The molecule has 0 unspecified atom stereocenters. The fraction of sp³-hybridized carbons (Fsp3) is 0.364. The molecule has 0 atom stereocenters. The number of rotatable bonds is 5. The number of phenols is 1. The summed E-state index contributed by atoms with van der Waals surface area (Å²) in [6.45, 7) is -1.64. The summed E-state index contributed by atoms with van der Waals surface area (Å²) in [5, 5.41) is 11.7. The highest BCUT2D eigenvalue weighted by atomic mass is 79.9. The van der Waals surface area contributed by atoms with Crippen molar-refractivity contribution in [2.45, 2.75) is 6.18 Å². The summed E-state index contributed by atoms with van der Waals surface area (Å²) in [5.41, 5.74) is 0.205. The van der Waals surface area contributed by atoms with Gasteiger partial charge in [0.1, 0.15) is 12.4 Å². The van der Waals surface area contributed by atoms with E-state index in [-0.39, 0.29) is 24.5 Å². The van der Waals surface area contributed by atoms with Crippen LogP contribution in [0.1, 0.15) is 10.4 Å². The second-order valence-electron chi connectivity index (χ2n) is 3.59. The van der Waals surface area contributed by atoms with Crippen LogP contribution in [0.4, 0.5) is 13.2 Å². The molecule has 1 aromatic carbocycles. The van der Waals surface area contributed by atoms with Crippen molar-refractivity contribution in [3.8, 4) is 5.75 Å². The van der Waals surface area contributed by atoms with Crippen molar-refractivity contribution in [2.75, 3.05) is 19.8 Å². The quantitative estimate of drug-likeness (QED) is 0.809. The lowest BCUT2D eigenvalue weighted by atomic mass is 10.2. The number of carbonyl (C=O) groups excluding carboxylic acids is 1. The van der Waals surface area contributed by atoms with E-state index < -0.39 is 18.7 Å². The van der Waals surface area contributed by atoms with Gasteiger partial charge in [0.15, 0.2) is 0 Å². The first-order valence-electron chi connectivity index (χ1n) is 5.21. The van der Waals surface area contributed by atoms with Crippen molar-refractivity contribution < 1.29 is 27.8 Å². The number of ether oxygens (including phenoxy) is 1. The zero-order valence-corrected chi connectivity index (χ0v) is 11.2. The highest BCUT2D eigenvalue weighted by Gasteiger charge is 2.27. The molecule has 4 nitrogen and oxygen atoms in total. The molecule has 8 heteroatoms. The number of aromatic hydroxyl groups is 1. The van der Waals surface area contributed by atoms with Crippen LogP contribution >= 0.6 is 15.9 Å². The summed E-state index contributed by atoms with van der Waals surface area (Å²) >= 11 is 3.06. The zero-order valence-electron chi connectivity index (χ0n) is 9.63. The summed E-state index contributed by atoms with van der Waals surface area (Å²) in [4.78, 5) is 11.6. The fourth-order valence-corrected chi connectivity index (χ4v) is 1.43. The standard InChI is InChI=1S/C11H11BrF3NO3/c12-8-2-1-7(5-9(8)17)10(18)16-3-4-19-6-11(13,14)15/h1-2,5,17H,3-4,6H2,(H,16,18). The summed E-state index contributed by atoms with van der Waals surface area (Å²) in [7, 11) is 0. The molecule has 0 saturated carbocycles. The van der Waals surface area contributed by atoms with E-state index >= 15 is 0 Å². The van der Waals surface area contributed by atoms with Crippen LogP contribution in [0.5, 0.6) is 5.75 Å². The second kappa shape index (κ2) is 6.76. The monoisotopic (exact) mass is 341 g/mol. The van der Waals surface area contributed by atoms with Gasteiger partial charge in [-0.2, -0.15) is 13.2 Å². The minimum atomic E-state index is -4.37. The first-order valence-corrected chi connectivity index (χ1v) is 6.00. The lowest BCUT2D eigenvalue weighted by Crippen LogP contribution is -2.28. The van der Waals surface area contributed by atoms with Crippen LogP contribution in [-0.2, 0) is 4.74 Å². The van der Waals surface area contributed by atoms with Crippen LogP contribution in [0.15, 0.2) is 22.7 Å². The van der Waals surface area contributed by atoms with Crippen LogP contribution in [-0.4, -0.2) is 36.9 Å². The SMILES string of the molecule is O=C(NCCOCC(F)(F)F)c1ccc(Br)c(O)c1. The Kier molecular flexibility index (Phi) is 5.61. The molecular weight excluding hydrogens is 331 g/mol. The number of nitrogens with one attached hydrogen (secondary N) is 1. The van der Waals surface area contributed by atoms with Crippen LogP contribution < -0.4 is 5.32 Å². The lowest BCUT2D eigenvalue weighted by Gasteiger charge is -2.09. The van der Waals surface area contributed by atoms with Gasteiger partial charge in [-0.3, -0.25) is 4.79 Å². The Labute approximate surface area is 115 Å². The van der Waals surface area contributed by atoms with Crippen LogP contribution in [0, 0.1) is 0 Å². The molecule has 2 N–H and O–H groups in total. The maximum absolute atomic E-state index is 11.7. The third-order valence-electron chi connectivity index (χ3n) is 2.01. The predicted molar refractivity (Wildman–Crippen MR) is 65.0 cm³/mol. The number of hydrogen-bond donors (Lipinski definition) is 2. The van der Waals surface area contributed by atoms with Crippen LogP contribution in [0.25, 0.3) is 0 Å². The normalized spacial score (nSPS) is 11.4. The molecule has 0 aliphatic heterocycles. The van der Waals surface area contributed by atoms with Gasteiger partial charge in [-0.25, -0.2) is 0 Å². The molecule has 106 valence electrons. The number of alkyl halides is 3. The average molecular weight is 342 g/mol. The van der Waals surface area contributed by atoms with Crippen molar-refractivity contribution in [3.05, 3.63) is 28.2 Å². The van der Waals surface area contributed by atoms with Gasteiger partial charge in [0.05, 0.1) is 11.1 Å². The third-order valence-corrected chi connectivity index (χ3v) is 2.68. The summed E-state index contributed by atoms with van der Waals surface area (Å²) in [6, 6.07) is 4.20. The van der Waals surface area contributed by atoms with E-state index in [0.29, 0.717) is 4.47 Å². The molecule has 0 radical (unpaired) electrons. The van der Waals surface area contributed by atoms with Gasteiger partial charge < -0.3 is 15.2 Å². The van der Waals surface area contributed by atoms with Crippen LogP contribution in [0.2, 0.25) is 0 Å². The van der Waals surface area contributed by atoms with E-state index in [2.05, 4.69) is 26.0 Å². The molecule has 0 aliphatic carbocycles. The van der Waals surface area contributed by atoms with E-state index in [1.807, 2.05) is 0 Å². The molecule has 0 aromatic heterocycles. The third kappa shape index (κ3) is 5.93. The highest BCUT2D eigenvalue weighted by Crippen LogP contribution is 2.24. The molecule has 0 fully saturated rings. The predicted octanol–water partition coefficient (Wildman–Crippen LogP) is 2.46. The van der Waals surface area contributed by atoms with Crippen molar-refractivity contribution in [3.63, 3.8) is 0 Å². The van der Waals surface area contributed by atoms with E-state index in [1.54, 1.807) is 0 Å². The Morgan fingerprint density at radius 1 is 1.42 bits per heavy atom. The van der Waals surface area contributed by atoms with E-state index in [1.165, 1.54) is 18.2 Å². The number of amides is 1. The van der Waals surface area contributed by atoms with Crippen molar-refractivity contribution in [1.82, 2.24) is 5.32 Å². The van der Waals surface area contributed by atoms with Gasteiger partial charge in [-0.1, -0.05) is 0 Å². The fourth-order valence-electron chi connectivity index (χ4n) is 1.18. The molecule has 1 amide bonds. The van der Waals surface area contributed by atoms with Crippen LogP contribution in [0.3, 0.4) is 0 Å². The zero-order chi connectivity index (χ0) is 14.5. The number of halogens is 4. The Morgan fingerprint density at radius 2 is 2.11 bits per heavy atom. The number of carbonyl (C=O) groups is 1. The molecule has 1 aromatic rings. The lowest BCUT2D eigenvalue weighted by molar-refractivity contribution is -0.173. The minimum absolute atomic E-state index is 0.0499. The molecule has 0 spiro atoms. The summed E-state index contributed by atoms with van der Waals surface area (Å²) in [5.74, 6) is -0.598. The first kappa shape index (κ1) is 15.8. The van der Waals surface area contributed by atoms with Gasteiger partial charge in [-0.05, 0) is 34.1 Å². The average Bonchev–Trinajstić information content (AvgIpc) is 2.30. The van der Waals surface area contributed by atoms with E-state index in [4.69, 9.17) is 0 Å². The first-order chi connectivity index (χ1) is 8.79. The largest absolute Gasteiger partial charge is 0.507 e. The van der Waals surface area contributed by atoms with Gasteiger partial charge in [0.2, 0.25) is 0 Å². The Bertz CT molecular complexity index is 451. The molecule has 0 bridgehead atoms. The Hall–Kier alpha value is -1.28. The maximum Gasteiger partial charge on any atom is 0.411 e. The minimum Gasteiger partial charge on any atom is -0.507 e. The maximum atomic E-state index is 11.7. The van der Waals surface area contributed by atoms with Crippen molar-refractivity contribution in [1.29, 1.82) is 0 Å². The molecule has 0 heterocycles. The molecule has 19 heavy (non-hydrogen) atoms. The van der Waals surface area contributed by atoms with Crippen molar-refractivity contribution >= 4 is 21.8 Å². The molecule has 1 rings (SSSR count). The molecule has 0 saturated heterocycles. The van der Waals surface area contributed by atoms with E-state index in [0.717, 1.165) is 0 Å². The van der Waals surface area contributed by atoms with Gasteiger partial charge >= 0.3 is 6.18 Å². The summed E-state index contributed by atoms with van der Waals surface area (Å²) in [6.07, 6.45) is -4.37. The summed E-state index contributed by atoms with van der Waals surface area (Å²) < 4.78 is 40.0. The van der Waals surface area contributed by atoms with Gasteiger partial charge in [0, 0.05) is 12.1 Å². The number of phenolic OH excluding ortho intramolecular Hbond substituents is 1. The Balaban J connectivity index is 2.33. The second-order valence-corrected chi connectivity index (χ2v) is 4.44. The Morgan fingerprint density at radius 3 is 2.68 bits per heavy atom. The highest BCUT2D eigenvalue weighted by molar-refractivity contribution is 9.10. The van der Waals surface area contributed by atoms with Crippen molar-refractivity contribution in [2.24, 2.45) is 0 Å². The van der Waals surface area contributed by atoms with Gasteiger partial charge in [0.25, 0.3) is 5.91 Å². The van der Waals surface area contributed by atoms with E-state index in [9.17, 15) is 23.1 Å². The smallest absolute Gasteiger partial charge is 0.411 e. The number of benzene rings is 1. The molecular formula is C11H11BrF3NO3.